The summed E-state index contributed by atoms with van der Waals surface area (Å²) in [6, 6.07) is 8.07. The van der Waals surface area contributed by atoms with Gasteiger partial charge in [-0.15, -0.1) is 11.3 Å². The number of rotatable bonds is 3. The minimum Gasteiger partial charge on any atom is -0.351 e. The van der Waals surface area contributed by atoms with Crippen molar-refractivity contribution < 1.29 is 4.79 Å². The summed E-state index contributed by atoms with van der Waals surface area (Å²) < 4.78 is 3.30. The Balaban J connectivity index is 1.64. The molecule has 6 heteroatoms. The molecule has 1 saturated carbocycles. The summed E-state index contributed by atoms with van der Waals surface area (Å²) in [4.78, 5) is 25.7. The van der Waals surface area contributed by atoms with Crippen molar-refractivity contribution >= 4 is 37.4 Å². The van der Waals surface area contributed by atoms with Crippen molar-refractivity contribution in [3.63, 3.8) is 0 Å². The zero-order chi connectivity index (χ0) is 19.1. The van der Waals surface area contributed by atoms with Gasteiger partial charge in [0.15, 0.2) is 0 Å². The SMILES string of the molecule is Cc1nn(CC(=O)NC2CCCC(C)C2C)c(=O)c2c1sc1ccccc12. The molecule has 2 heterocycles. The Labute approximate surface area is 162 Å². The first kappa shape index (κ1) is 18.2. The minimum absolute atomic E-state index is 0.0304. The Hall–Kier alpha value is -2.21. The third-order valence-corrected chi connectivity index (χ3v) is 7.27. The molecule has 1 aliphatic carbocycles. The molecular weight excluding hydrogens is 358 g/mol. The number of aryl methyl sites for hydroxylation is 1. The van der Waals surface area contributed by atoms with Crippen LogP contribution in [0.1, 0.15) is 38.8 Å². The molecule has 1 aromatic carbocycles. The molecular formula is C21H25N3O2S. The highest BCUT2D eigenvalue weighted by atomic mass is 32.1. The number of hydrogen-bond donors (Lipinski definition) is 1. The van der Waals surface area contributed by atoms with Gasteiger partial charge in [-0.2, -0.15) is 5.10 Å². The highest BCUT2D eigenvalue weighted by Crippen LogP contribution is 2.32. The van der Waals surface area contributed by atoms with Gasteiger partial charge in [0.2, 0.25) is 5.91 Å². The number of amides is 1. The zero-order valence-corrected chi connectivity index (χ0v) is 16.8. The zero-order valence-electron chi connectivity index (χ0n) is 16.0. The van der Waals surface area contributed by atoms with Crippen LogP contribution < -0.4 is 10.9 Å². The maximum Gasteiger partial charge on any atom is 0.276 e. The Morgan fingerprint density at radius 3 is 2.89 bits per heavy atom. The van der Waals surface area contributed by atoms with Crippen LogP contribution in [0.4, 0.5) is 0 Å². The van der Waals surface area contributed by atoms with E-state index in [-0.39, 0.29) is 24.1 Å². The summed E-state index contributed by atoms with van der Waals surface area (Å²) in [6.45, 7) is 6.31. The van der Waals surface area contributed by atoms with Gasteiger partial charge < -0.3 is 5.32 Å². The van der Waals surface area contributed by atoms with Crippen LogP contribution in [-0.4, -0.2) is 21.7 Å². The lowest BCUT2D eigenvalue weighted by Crippen LogP contribution is -2.45. The van der Waals surface area contributed by atoms with Crippen molar-refractivity contribution in [2.75, 3.05) is 0 Å². The molecule has 0 radical (unpaired) electrons. The van der Waals surface area contributed by atoms with Gasteiger partial charge in [-0.25, -0.2) is 4.68 Å². The van der Waals surface area contributed by atoms with Crippen LogP contribution in [0.25, 0.3) is 20.2 Å². The first-order valence-electron chi connectivity index (χ1n) is 9.64. The molecule has 142 valence electrons. The third-order valence-electron chi connectivity index (χ3n) is 5.99. The van der Waals surface area contributed by atoms with E-state index in [2.05, 4.69) is 24.3 Å². The molecule has 3 aromatic rings. The standard InChI is InChI=1S/C21H25N3O2S/c1-12-7-6-9-16(13(12)2)22-18(25)11-24-21(26)19-15-8-4-5-10-17(15)27-20(19)14(3)23-24/h4-5,8,10,12-13,16H,6-7,9,11H2,1-3H3,(H,22,25). The summed E-state index contributed by atoms with van der Waals surface area (Å²) in [5.74, 6) is 0.937. The van der Waals surface area contributed by atoms with Crippen LogP contribution in [0, 0.1) is 18.8 Å². The van der Waals surface area contributed by atoms with Crippen molar-refractivity contribution in [3.05, 3.63) is 40.3 Å². The minimum atomic E-state index is -0.187. The van der Waals surface area contributed by atoms with Crippen LogP contribution in [0.2, 0.25) is 0 Å². The molecule has 3 unspecified atom stereocenters. The van der Waals surface area contributed by atoms with E-state index < -0.39 is 0 Å². The van der Waals surface area contributed by atoms with E-state index in [4.69, 9.17) is 0 Å². The highest BCUT2D eigenvalue weighted by molar-refractivity contribution is 7.26. The Morgan fingerprint density at radius 1 is 1.30 bits per heavy atom. The summed E-state index contributed by atoms with van der Waals surface area (Å²) in [5.41, 5.74) is 0.603. The van der Waals surface area contributed by atoms with Crippen LogP contribution >= 0.6 is 11.3 Å². The van der Waals surface area contributed by atoms with Crippen molar-refractivity contribution in [1.82, 2.24) is 15.1 Å². The largest absolute Gasteiger partial charge is 0.351 e. The molecule has 1 fully saturated rings. The number of benzene rings is 1. The van der Waals surface area contributed by atoms with Gasteiger partial charge in [0, 0.05) is 16.1 Å². The second-order valence-corrected chi connectivity index (χ2v) is 8.84. The van der Waals surface area contributed by atoms with Crippen molar-refractivity contribution in [2.45, 2.75) is 52.6 Å². The molecule has 3 atom stereocenters. The second-order valence-electron chi connectivity index (χ2n) is 7.79. The monoisotopic (exact) mass is 383 g/mol. The average Bonchev–Trinajstić information content (AvgIpc) is 3.04. The first-order chi connectivity index (χ1) is 13.0. The summed E-state index contributed by atoms with van der Waals surface area (Å²) in [7, 11) is 0. The third kappa shape index (κ3) is 3.27. The van der Waals surface area contributed by atoms with Crippen LogP contribution in [0.15, 0.2) is 29.1 Å². The van der Waals surface area contributed by atoms with Gasteiger partial charge in [-0.1, -0.05) is 44.9 Å². The molecule has 0 aliphatic heterocycles. The molecule has 1 aliphatic rings. The van der Waals surface area contributed by atoms with Crippen LogP contribution in [0.5, 0.6) is 0 Å². The maximum absolute atomic E-state index is 13.0. The summed E-state index contributed by atoms with van der Waals surface area (Å²) in [6.07, 6.45) is 3.36. The molecule has 0 saturated heterocycles. The summed E-state index contributed by atoms with van der Waals surface area (Å²) >= 11 is 1.58. The highest BCUT2D eigenvalue weighted by Gasteiger charge is 2.28. The van der Waals surface area contributed by atoms with Crippen molar-refractivity contribution in [3.8, 4) is 0 Å². The average molecular weight is 384 g/mol. The molecule has 0 spiro atoms. The van der Waals surface area contributed by atoms with Gasteiger partial charge in [-0.3, -0.25) is 9.59 Å². The van der Waals surface area contributed by atoms with Crippen molar-refractivity contribution in [1.29, 1.82) is 0 Å². The van der Waals surface area contributed by atoms with Gasteiger partial charge in [-0.05, 0) is 31.2 Å². The molecule has 4 rings (SSSR count). The van der Waals surface area contributed by atoms with E-state index in [1.807, 2.05) is 31.2 Å². The maximum atomic E-state index is 13.0. The lowest BCUT2D eigenvalue weighted by Gasteiger charge is -2.34. The number of nitrogens with one attached hydrogen (secondary N) is 1. The normalized spacial score (nSPS) is 23.0. The van der Waals surface area contributed by atoms with E-state index in [0.29, 0.717) is 17.2 Å². The molecule has 1 amide bonds. The Morgan fingerprint density at radius 2 is 2.07 bits per heavy atom. The molecule has 27 heavy (non-hydrogen) atoms. The molecule has 1 N–H and O–H groups in total. The molecule has 0 bridgehead atoms. The van der Waals surface area contributed by atoms with Crippen LogP contribution in [-0.2, 0) is 11.3 Å². The number of nitrogens with zero attached hydrogens (tertiary/aromatic N) is 2. The number of fused-ring (bicyclic) bond motifs is 3. The van der Waals surface area contributed by atoms with E-state index in [0.717, 1.165) is 33.3 Å². The Bertz CT molecular complexity index is 1070. The number of carbonyl (C=O) groups excluding carboxylic acids is 1. The van der Waals surface area contributed by atoms with Gasteiger partial charge in [0.25, 0.3) is 5.56 Å². The lowest BCUT2D eigenvalue weighted by molar-refractivity contribution is -0.123. The topological polar surface area (TPSA) is 64.0 Å². The molecule has 2 aromatic heterocycles. The number of carbonyl (C=O) groups is 1. The number of aromatic nitrogens is 2. The molecule has 5 nitrogen and oxygen atoms in total. The quantitative estimate of drug-likeness (QED) is 0.747. The van der Waals surface area contributed by atoms with E-state index in [1.165, 1.54) is 11.1 Å². The Kier molecular flexibility index (Phi) is 4.76. The van der Waals surface area contributed by atoms with Crippen LogP contribution in [0.3, 0.4) is 0 Å². The van der Waals surface area contributed by atoms with Gasteiger partial charge in [0.05, 0.1) is 15.8 Å². The smallest absolute Gasteiger partial charge is 0.276 e. The number of thiophene rings is 1. The lowest BCUT2D eigenvalue weighted by atomic mass is 9.78. The predicted molar refractivity (Wildman–Crippen MR) is 110 cm³/mol. The van der Waals surface area contributed by atoms with Gasteiger partial charge in [0.1, 0.15) is 6.54 Å². The van der Waals surface area contributed by atoms with E-state index in [9.17, 15) is 9.59 Å². The second kappa shape index (κ2) is 7.08. The van der Waals surface area contributed by atoms with Crippen molar-refractivity contribution in [2.24, 2.45) is 11.8 Å². The first-order valence-corrected chi connectivity index (χ1v) is 10.5. The fourth-order valence-electron chi connectivity index (χ4n) is 4.19. The van der Waals surface area contributed by atoms with Gasteiger partial charge >= 0.3 is 0 Å². The fraction of sp³-hybridized carbons (Fsp3) is 0.476. The van der Waals surface area contributed by atoms with E-state index >= 15 is 0 Å². The number of hydrogen-bond acceptors (Lipinski definition) is 4. The fourth-order valence-corrected chi connectivity index (χ4v) is 5.33. The summed E-state index contributed by atoms with van der Waals surface area (Å²) in [5, 5.41) is 9.17. The predicted octanol–water partition coefficient (Wildman–Crippen LogP) is 3.86. The van der Waals surface area contributed by atoms with E-state index in [1.54, 1.807) is 11.3 Å².